The van der Waals surface area contributed by atoms with Crippen LogP contribution in [0.2, 0.25) is 0 Å². The lowest BCUT2D eigenvalue weighted by Gasteiger charge is -2.35. The zero-order valence-electron chi connectivity index (χ0n) is 10.2. The molecule has 0 aromatic rings. The number of ether oxygens (including phenoxy) is 3. The van der Waals surface area contributed by atoms with Gasteiger partial charge < -0.3 is 14.2 Å². The van der Waals surface area contributed by atoms with Gasteiger partial charge in [-0.25, -0.2) is 0 Å². The standard InChI is InChI=1S/C12H24O3/c1-4-13-10-7-8-11(14-5-2)12(9-10)15-6-3/h10-12H,4-9H2,1-3H3/t10?,11-,12+/m1/s1. The summed E-state index contributed by atoms with van der Waals surface area (Å²) in [5, 5.41) is 0. The number of rotatable bonds is 6. The third-order valence-corrected chi connectivity index (χ3v) is 2.85. The normalized spacial score (nSPS) is 31.8. The Morgan fingerprint density at radius 3 is 2.00 bits per heavy atom. The van der Waals surface area contributed by atoms with E-state index in [9.17, 15) is 0 Å². The average Bonchev–Trinajstić information content (AvgIpc) is 2.23. The first-order valence-corrected chi connectivity index (χ1v) is 6.16. The van der Waals surface area contributed by atoms with Gasteiger partial charge in [0.15, 0.2) is 0 Å². The van der Waals surface area contributed by atoms with Crippen LogP contribution in [0.15, 0.2) is 0 Å². The molecule has 3 nitrogen and oxygen atoms in total. The van der Waals surface area contributed by atoms with Crippen LogP contribution in [0.5, 0.6) is 0 Å². The minimum Gasteiger partial charge on any atom is -0.378 e. The van der Waals surface area contributed by atoms with Crippen molar-refractivity contribution in [2.24, 2.45) is 0 Å². The summed E-state index contributed by atoms with van der Waals surface area (Å²) >= 11 is 0. The molecule has 0 bridgehead atoms. The molecule has 0 radical (unpaired) electrons. The molecule has 0 heterocycles. The predicted octanol–water partition coefficient (Wildman–Crippen LogP) is 2.39. The first-order valence-electron chi connectivity index (χ1n) is 6.16. The van der Waals surface area contributed by atoms with E-state index in [1.807, 2.05) is 20.8 Å². The number of hydrogen-bond acceptors (Lipinski definition) is 3. The maximum absolute atomic E-state index is 5.72. The van der Waals surface area contributed by atoms with Gasteiger partial charge >= 0.3 is 0 Å². The Bertz CT molecular complexity index is 161. The third-order valence-electron chi connectivity index (χ3n) is 2.85. The van der Waals surface area contributed by atoms with Gasteiger partial charge in [-0.3, -0.25) is 0 Å². The first kappa shape index (κ1) is 12.9. The molecular formula is C12H24O3. The molecule has 0 saturated heterocycles. The van der Waals surface area contributed by atoms with Gasteiger partial charge in [0.25, 0.3) is 0 Å². The Labute approximate surface area is 93.1 Å². The van der Waals surface area contributed by atoms with Crippen molar-refractivity contribution in [3.05, 3.63) is 0 Å². The fraction of sp³-hybridized carbons (Fsp3) is 1.00. The summed E-state index contributed by atoms with van der Waals surface area (Å²) < 4.78 is 17.1. The van der Waals surface area contributed by atoms with Crippen LogP contribution in [0, 0.1) is 0 Å². The molecule has 15 heavy (non-hydrogen) atoms. The Kier molecular flexibility index (Phi) is 6.22. The van der Waals surface area contributed by atoms with Gasteiger partial charge in [-0.2, -0.15) is 0 Å². The van der Waals surface area contributed by atoms with Crippen molar-refractivity contribution < 1.29 is 14.2 Å². The lowest BCUT2D eigenvalue weighted by molar-refractivity contribution is -0.120. The predicted molar refractivity (Wildman–Crippen MR) is 60.1 cm³/mol. The fourth-order valence-electron chi connectivity index (χ4n) is 2.25. The second kappa shape index (κ2) is 7.20. The summed E-state index contributed by atoms with van der Waals surface area (Å²) in [7, 11) is 0. The van der Waals surface area contributed by atoms with Crippen LogP contribution in [-0.4, -0.2) is 38.1 Å². The van der Waals surface area contributed by atoms with Crippen molar-refractivity contribution in [1.29, 1.82) is 0 Å². The zero-order valence-corrected chi connectivity index (χ0v) is 10.2. The first-order chi connectivity index (χ1) is 7.31. The van der Waals surface area contributed by atoms with Crippen molar-refractivity contribution in [3.63, 3.8) is 0 Å². The van der Waals surface area contributed by atoms with Crippen molar-refractivity contribution in [2.75, 3.05) is 19.8 Å². The molecule has 0 aliphatic heterocycles. The summed E-state index contributed by atoms with van der Waals surface area (Å²) in [5.74, 6) is 0. The van der Waals surface area contributed by atoms with Crippen molar-refractivity contribution >= 4 is 0 Å². The molecule has 3 atom stereocenters. The Morgan fingerprint density at radius 1 is 0.800 bits per heavy atom. The average molecular weight is 216 g/mol. The highest BCUT2D eigenvalue weighted by Crippen LogP contribution is 2.26. The van der Waals surface area contributed by atoms with Gasteiger partial charge in [-0.1, -0.05) is 0 Å². The largest absolute Gasteiger partial charge is 0.378 e. The van der Waals surface area contributed by atoms with Gasteiger partial charge in [0.2, 0.25) is 0 Å². The molecule has 0 aromatic carbocycles. The van der Waals surface area contributed by atoms with E-state index >= 15 is 0 Å². The molecule has 0 amide bonds. The summed E-state index contributed by atoms with van der Waals surface area (Å²) in [6.07, 6.45) is 3.99. The molecular weight excluding hydrogens is 192 g/mol. The molecule has 1 saturated carbocycles. The van der Waals surface area contributed by atoms with Gasteiger partial charge in [-0.05, 0) is 33.6 Å². The molecule has 0 aromatic heterocycles. The van der Waals surface area contributed by atoms with Crippen molar-refractivity contribution in [3.8, 4) is 0 Å². The monoisotopic (exact) mass is 216 g/mol. The Hall–Kier alpha value is -0.120. The van der Waals surface area contributed by atoms with E-state index in [1.54, 1.807) is 0 Å². The minimum absolute atomic E-state index is 0.222. The summed E-state index contributed by atoms with van der Waals surface area (Å²) in [6, 6.07) is 0. The summed E-state index contributed by atoms with van der Waals surface area (Å²) in [5.41, 5.74) is 0. The summed E-state index contributed by atoms with van der Waals surface area (Å²) in [6.45, 7) is 8.44. The van der Waals surface area contributed by atoms with Gasteiger partial charge in [0.05, 0.1) is 18.3 Å². The van der Waals surface area contributed by atoms with E-state index in [1.165, 1.54) is 0 Å². The van der Waals surface area contributed by atoms with Crippen LogP contribution < -0.4 is 0 Å². The van der Waals surface area contributed by atoms with Gasteiger partial charge in [0.1, 0.15) is 0 Å². The highest BCUT2D eigenvalue weighted by molar-refractivity contribution is 4.82. The zero-order chi connectivity index (χ0) is 11.1. The second-order valence-electron chi connectivity index (χ2n) is 3.88. The quantitative estimate of drug-likeness (QED) is 0.682. The van der Waals surface area contributed by atoms with Crippen LogP contribution in [0.1, 0.15) is 40.0 Å². The Balaban J connectivity index is 2.41. The molecule has 0 spiro atoms. The molecule has 1 aliphatic carbocycles. The van der Waals surface area contributed by atoms with Crippen molar-refractivity contribution in [2.45, 2.75) is 58.3 Å². The van der Waals surface area contributed by atoms with Crippen LogP contribution in [0.25, 0.3) is 0 Å². The molecule has 1 rings (SSSR count). The second-order valence-corrected chi connectivity index (χ2v) is 3.88. The molecule has 1 fully saturated rings. The van der Waals surface area contributed by atoms with Crippen molar-refractivity contribution in [1.82, 2.24) is 0 Å². The fourth-order valence-corrected chi connectivity index (χ4v) is 2.25. The highest BCUT2D eigenvalue weighted by atomic mass is 16.5. The van der Waals surface area contributed by atoms with E-state index in [-0.39, 0.29) is 12.2 Å². The minimum atomic E-state index is 0.222. The topological polar surface area (TPSA) is 27.7 Å². The van der Waals surface area contributed by atoms with E-state index in [0.717, 1.165) is 39.1 Å². The van der Waals surface area contributed by atoms with Gasteiger partial charge in [0, 0.05) is 26.2 Å². The highest BCUT2D eigenvalue weighted by Gasteiger charge is 2.31. The van der Waals surface area contributed by atoms with E-state index < -0.39 is 0 Å². The summed E-state index contributed by atoms with van der Waals surface area (Å²) in [4.78, 5) is 0. The molecule has 1 aliphatic rings. The van der Waals surface area contributed by atoms with Gasteiger partial charge in [-0.15, -0.1) is 0 Å². The van der Waals surface area contributed by atoms with Crippen LogP contribution in [0.4, 0.5) is 0 Å². The third kappa shape index (κ3) is 4.09. The molecule has 90 valence electrons. The lowest BCUT2D eigenvalue weighted by Crippen LogP contribution is -2.40. The number of hydrogen-bond donors (Lipinski definition) is 0. The van der Waals surface area contributed by atoms with E-state index in [0.29, 0.717) is 6.10 Å². The van der Waals surface area contributed by atoms with E-state index in [2.05, 4.69) is 0 Å². The molecule has 3 heteroatoms. The maximum atomic E-state index is 5.72. The molecule has 1 unspecified atom stereocenters. The van der Waals surface area contributed by atoms with Crippen LogP contribution in [0.3, 0.4) is 0 Å². The van der Waals surface area contributed by atoms with Crippen LogP contribution in [-0.2, 0) is 14.2 Å². The Morgan fingerprint density at radius 2 is 1.40 bits per heavy atom. The SMILES string of the molecule is CCOC1CC[C@@H](OCC)[C@@H](OCC)C1. The van der Waals surface area contributed by atoms with E-state index in [4.69, 9.17) is 14.2 Å². The molecule has 0 N–H and O–H groups in total. The smallest absolute Gasteiger partial charge is 0.0861 e. The van der Waals surface area contributed by atoms with Crippen LogP contribution >= 0.6 is 0 Å². The lowest BCUT2D eigenvalue weighted by atomic mass is 9.92. The maximum Gasteiger partial charge on any atom is 0.0861 e.